The fourth-order valence-electron chi connectivity index (χ4n) is 3.87. The minimum absolute atomic E-state index is 0.0697. The van der Waals surface area contributed by atoms with E-state index in [2.05, 4.69) is 10.6 Å². The molecule has 0 aromatic heterocycles. The van der Waals surface area contributed by atoms with Gasteiger partial charge in [-0.05, 0) is 65.8 Å². The van der Waals surface area contributed by atoms with Crippen LogP contribution in [0.25, 0.3) is 6.08 Å². The Bertz CT molecular complexity index is 1190. The molecule has 0 aliphatic carbocycles. The van der Waals surface area contributed by atoms with Crippen molar-refractivity contribution >= 4 is 37.6 Å². The molecule has 0 radical (unpaired) electrons. The van der Waals surface area contributed by atoms with Crippen molar-refractivity contribution in [2.75, 3.05) is 25.2 Å². The van der Waals surface area contributed by atoms with Crippen LogP contribution in [0.3, 0.4) is 0 Å². The molecule has 0 aliphatic heterocycles. The van der Waals surface area contributed by atoms with E-state index in [9.17, 15) is 23.1 Å². The van der Waals surface area contributed by atoms with Gasteiger partial charge in [0.1, 0.15) is 5.75 Å². The third-order valence-electron chi connectivity index (χ3n) is 6.21. The van der Waals surface area contributed by atoms with E-state index in [0.29, 0.717) is 25.9 Å². The lowest BCUT2D eigenvalue weighted by molar-refractivity contribution is -0.141. The van der Waals surface area contributed by atoms with Crippen molar-refractivity contribution in [2.24, 2.45) is 11.8 Å². The van der Waals surface area contributed by atoms with E-state index < -0.39 is 26.7 Å². The molecular formula is C30H42N2O6S2. The first-order valence-corrected chi connectivity index (χ1v) is 16.7. The highest BCUT2D eigenvalue weighted by Crippen LogP contribution is 2.21. The fraction of sp³-hybridized carbons (Fsp3) is 0.467. The molecule has 2 aromatic carbocycles. The molecule has 0 saturated heterocycles. The van der Waals surface area contributed by atoms with Crippen LogP contribution in [0.15, 0.2) is 60.7 Å². The Balaban J connectivity index is 2.02. The minimum Gasteiger partial charge on any atom is -0.497 e. The SMILES string of the molecule is COc1cccc(CNCCC(/C=C/c2ccccc2)NC(=O)C(CCSS(=O)(=O)CCC(C)C)CC(=O)O)c1. The van der Waals surface area contributed by atoms with Gasteiger partial charge in [0.25, 0.3) is 0 Å². The average molecular weight is 591 g/mol. The molecule has 0 heterocycles. The molecule has 0 aliphatic rings. The number of carboxylic acid groups (broad SMARTS) is 1. The monoisotopic (exact) mass is 590 g/mol. The van der Waals surface area contributed by atoms with Gasteiger partial charge in [0.05, 0.1) is 19.3 Å². The highest BCUT2D eigenvalue weighted by atomic mass is 33.1. The van der Waals surface area contributed by atoms with Gasteiger partial charge >= 0.3 is 5.97 Å². The van der Waals surface area contributed by atoms with Crippen molar-refractivity contribution in [3.05, 3.63) is 71.8 Å². The maximum absolute atomic E-state index is 13.2. The van der Waals surface area contributed by atoms with Crippen molar-refractivity contribution in [1.82, 2.24) is 10.6 Å². The zero-order chi connectivity index (χ0) is 29.4. The number of hydrogen-bond donors (Lipinski definition) is 3. The summed E-state index contributed by atoms with van der Waals surface area (Å²) in [5.41, 5.74) is 2.05. The summed E-state index contributed by atoms with van der Waals surface area (Å²) in [6.45, 7) is 5.16. The Morgan fingerprint density at radius 1 is 1.05 bits per heavy atom. The van der Waals surface area contributed by atoms with Gasteiger partial charge in [-0.3, -0.25) is 9.59 Å². The number of benzene rings is 2. The number of methoxy groups -OCH3 is 1. The molecule has 0 spiro atoms. The molecular weight excluding hydrogens is 548 g/mol. The van der Waals surface area contributed by atoms with E-state index >= 15 is 0 Å². The van der Waals surface area contributed by atoms with Gasteiger partial charge in [0, 0.05) is 24.3 Å². The normalized spacial score (nSPS) is 13.3. The Morgan fingerprint density at radius 3 is 2.48 bits per heavy atom. The van der Waals surface area contributed by atoms with Crippen molar-refractivity contribution in [2.45, 2.75) is 52.1 Å². The van der Waals surface area contributed by atoms with Gasteiger partial charge in [-0.2, -0.15) is 0 Å². The number of amides is 1. The Kier molecular flexibility index (Phi) is 14.8. The molecule has 220 valence electrons. The van der Waals surface area contributed by atoms with Gasteiger partial charge in [0.2, 0.25) is 14.8 Å². The molecule has 1 amide bonds. The van der Waals surface area contributed by atoms with Crippen LogP contribution >= 0.6 is 10.8 Å². The Labute approximate surface area is 242 Å². The second-order valence-electron chi connectivity index (χ2n) is 10.1. The number of carboxylic acids is 1. The number of carbonyl (C=O) groups excluding carboxylic acids is 1. The predicted octanol–water partition coefficient (Wildman–Crippen LogP) is 4.96. The maximum Gasteiger partial charge on any atom is 0.304 e. The zero-order valence-electron chi connectivity index (χ0n) is 23.5. The molecule has 0 bridgehead atoms. The van der Waals surface area contributed by atoms with Crippen molar-refractivity contribution in [1.29, 1.82) is 0 Å². The first kappa shape index (κ1) is 33.4. The Morgan fingerprint density at radius 2 is 1.80 bits per heavy atom. The summed E-state index contributed by atoms with van der Waals surface area (Å²) in [6, 6.07) is 17.1. The zero-order valence-corrected chi connectivity index (χ0v) is 25.2. The van der Waals surface area contributed by atoms with Crippen LogP contribution < -0.4 is 15.4 Å². The van der Waals surface area contributed by atoms with E-state index in [1.807, 2.05) is 80.6 Å². The second kappa shape index (κ2) is 17.8. The molecule has 2 unspecified atom stereocenters. The van der Waals surface area contributed by atoms with E-state index in [-0.39, 0.29) is 36.3 Å². The average Bonchev–Trinajstić information content (AvgIpc) is 2.92. The van der Waals surface area contributed by atoms with Crippen LogP contribution in [-0.4, -0.2) is 56.6 Å². The number of carbonyl (C=O) groups is 2. The number of rotatable bonds is 19. The molecule has 2 aromatic rings. The summed E-state index contributed by atoms with van der Waals surface area (Å²) >= 11 is 0. The molecule has 0 saturated carbocycles. The Hall–Kier alpha value is -2.82. The van der Waals surface area contributed by atoms with E-state index in [1.165, 1.54) is 0 Å². The third-order valence-corrected chi connectivity index (χ3v) is 9.78. The molecule has 8 nitrogen and oxygen atoms in total. The fourth-order valence-corrected chi connectivity index (χ4v) is 7.08. The molecule has 0 fully saturated rings. The molecule has 40 heavy (non-hydrogen) atoms. The van der Waals surface area contributed by atoms with Gasteiger partial charge in [0.15, 0.2) is 0 Å². The highest BCUT2D eigenvalue weighted by molar-refractivity contribution is 8.72. The third kappa shape index (κ3) is 14.0. The molecule has 3 N–H and O–H groups in total. The van der Waals surface area contributed by atoms with Crippen molar-refractivity contribution in [3.63, 3.8) is 0 Å². The summed E-state index contributed by atoms with van der Waals surface area (Å²) < 4.78 is 29.9. The lowest BCUT2D eigenvalue weighted by atomic mass is 10.0. The van der Waals surface area contributed by atoms with Crippen LogP contribution in [0.1, 0.15) is 50.7 Å². The summed E-state index contributed by atoms with van der Waals surface area (Å²) in [5, 5.41) is 15.8. The topological polar surface area (TPSA) is 122 Å². The minimum atomic E-state index is -3.32. The maximum atomic E-state index is 13.2. The van der Waals surface area contributed by atoms with Gasteiger partial charge < -0.3 is 20.5 Å². The molecule has 2 atom stereocenters. The second-order valence-corrected chi connectivity index (χ2v) is 14.4. The predicted molar refractivity (Wildman–Crippen MR) is 163 cm³/mol. The molecule has 2 rings (SSSR count). The smallest absolute Gasteiger partial charge is 0.304 e. The first-order valence-electron chi connectivity index (χ1n) is 13.5. The first-order chi connectivity index (χ1) is 19.1. The standard InChI is InChI=1S/C30H42N2O6S2/c1-23(2)16-19-40(36,37)39-18-15-26(21-29(33)34)30(35)32-27(13-12-24-8-5-4-6-9-24)14-17-31-22-25-10-7-11-28(20-25)38-3/h4-13,20,23,26-27,31H,14-19,21-22H2,1-3H3,(H,32,35)(H,33,34)/b13-12+. The van der Waals surface area contributed by atoms with Crippen LogP contribution in [-0.2, 0) is 25.0 Å². The van der Waals surface area contributed by atoms with Gasteiger partial charge in [-0.25, -0.2) is 8.42 Å². The van der Waals surface area contributed by atoms with Crippen LogP contribution in [0.2, 0.25) is 0 Å². The summed E-state index contributed by atoms with van der Waals surface area (Å²) in [5.74, 6) is -1.03. The number of ether oxygens (including phenoxy) is 1. The summed E-state index contributed by atoms with van der Waals surface area (Å²) in [6.07, 6.45) is 4.78. The highest BCUT2D eigenvalue weighted by Gasteiger charge is 2.24. The van der Waals surface area contributed by atoms with Gasteiger partial charge in [-0.1, -0.05) is 68.5 Å². The van der Waals surface area contributed by atoms with Crippen molar-refractivity contribution in [3.8, 4) is 5.75 Å². The van der Waals surface area contributed by atoms with Crippen LogP contribution in [0, 0.1) is 11.8 Å². The van der Waals surface area contributed by atoms with Crippen molar-refractivity contribution < 1.29 is 27.9 Å². The summed E-state index contributed by atoms with van der Waals surface area (Å²) in [7, 11) is -0.891. The quantitative estimate of drug-likeness (QED) is 0.155. The van der Waals surface area contributed by atoms with Crippen LogP contribution in [0.4, 0.5) is 0 Å². The molecule has 10 heteroatoms. The lowest BCUT2D eigenvalue weighted by Gasteiger charge is -2.20. The van der Waals surface area contributed by atoms with E-state index in [0.717, 1.165) is 27.7 Å². The van der Waals surface area contributed by atoms with Gasteiger partial charge in [-0.15, -0.1) is 0 Å². The summed E-state index contributed by atoms with van der Waals surface area (Å²) in [4.78, 5) is 24.7. The lowest BCUT2D eigenvalue weighted by Crippen LogP contribution is -2.40. The van der Waals surface area contributed by atoms with E-state index in [1.54, 1.807) is 7.11 Å². The largest absolute Gasteiger partial charge is 0.497 e. The van der Waals surface area contributed by atoms with Crippen LogP contribution in [0.5, 0.6) is 5.75 Å². The number of aliphatic carboxylic acids is 1. The van der Waals surface area contributed by atoms with E-state index in [4.69, 9.17) is 4.74 Å². The number of hydrogen-bond acceptors (Lipinski definition) is 7. The number of nitrogens with one attached hydrogen (secondary N) is 2.